The highest BCUT2D eigenvalue weighted by Crippen LogP contribution is 2.29. The molecule has 0 bridgehead atoms. The van der Waals surface area contributed by atoms with Crippen molar-refractivity contribution in [3.05, 3.63) is 71.3 Å². The largest absolute Gasteiger partial charge is 0.350 e. The number of benzene rings is 2. The first kappa shape index (κ1) is 18.7. The highest BCUT2D eigenvalue weighted by molar-refractivity contribution is 7.90. The summed E-state index contributed by atoms with van der Waals surface area (Å²) in [6.07, 6.45) is 4.81. The molecule has 0 atom stereocenters. The summed E-state index contributed by atoms with van der Waals surface area (Å²) in [6.45, 7) is 0. The van der Waals surface area contributed by atoms with Gasteiger partial charge in [0.25, 0.3) is 10.0 Å². The summed E-state index contributed by atoms with van der Waals surface area (Å²) in [5.74, 6) is -0.595. The summed E-state index contributed by atoms with van der Waals surface area (Å²) in [5.41, 5.74) is -0.0927. The molecule has 0 spiro atoms. The van der Waals surface area contributed by atoms with E-state index in [1.807, 2.05) is 0 Å². The van der Waals surface area contributed by atoms with Crippen LogP contribution in [-0.2, 0) is 10.0 Å². The lowest BCUT2D eigenvalue weighted by Gasteiger charge is -2.09. The second-order valence-electron chi connectivity index (χ2n) is 7.53. The molecule has 1 aliphatic carbocycles. The molecule has 2 aromatic carbocycles. The van der Waals surface area contributed by atoms with Crippen molar-refractivity contribution in [2.75, 3.05) is 0 Å². The van der Waals surface area contributed by atoms with E-state index < -0.39 is 15.7 Å². The number of rotatable bonds is 3. The molecule has 152 valence electrons. The Morgan fingerprint density at radius 2 is 1.63 bits per heavy atom. The number of nitrogens with zero attached hydrogens (tertiary/aromatic N) is 3. The molecule has 8 heteroatoms. The molecule has 7 nitrogen and oxygen atoms in total. The molecule has 0 aliphatic heterocycles. The molecule has 0 N–H and O–H groups in total. The average molecular weight is 421 g/mol. The molecule has 2 heterocycles. The third-order valence-corrected chi connectivity index (χ3v) is 7.46. The van der Waals surface area contributed by atoms with Crippen LogP contribution in [0.25, 0.3) is 21.9 Å². The van der Waals surface area contributed by atoms with Gasteiger partial charge in [0.15, 0.2) is 0 Å². The van der Waals surface area contributed by atoms with Gasteiger partial charge in [-0.15, -0.1) is 0 Å². The summed E-state index contributed by atoms with van der Waals surface area (Å²) in [4.78, 5) is 30.6. The predicted molar refractivity (Wildman–Crippen MR) is 113 cm³/mol. The van der Waals surface area contributed by atoms with Gasteiger partial charge < -0.3 is 0 Å². The van der Waals surface area contributed by atoms with E-state index in [0.29, 0.717) is 23.7 Å². The van der Waals surface area contributed by atoms with Gasteiger partial charge in [-0.2, -0.15) is 3.97 Å². The average Bonchev–Trinajstić information content (AvgIpc) is 3.39. The number of imidazole rings is 1. The van der Waals surface area contributed by atoms with Crippen LogP contribution >= 0.6 is 0 Å². The molecule has 2 aromatic heterocycles. The molecule has 30 heavy (non-hydrogen) atoms. The minimum absolute atomic E-state index is 0.0704. The highest BCUT2D eigenvalue weighted by Gasteiger charge is 2.32. The molecule has 4 aromatic rings. The first-order valence-electron chi connectivity index (χ1n) is 9.86. The highest BCUT2D eigenvalue weighted by atomic mass is 32.2. The van der Waals surface area contributed by atoms with Crippen LogP contribution in [0.2, 0.25) is 0 Å². The Balaban J connectivity index is 1.80. The molecule has 1 aliphatic rings. The Morgan fingerprint density at radius 3 is 2.40 bits per heavy atom. The number of para-hydroxylation sites is 3. The fraction of sp³-hybridized carbons (Fsp3) is 0.227. The minimum Gasteiger partial charge on any atom is -0.274 e. The molecule has 0 unspecified atom stereocenters. The Morgan fingerprint density at radius 1 is 0.933 bits per heavy atom. The fourth-order valence-corrected chi connectivity index (χ4v) is 5.87. The van der Waals surface area contributed by atoms with E-state index in [2.05, 4.69) is 4.98 Å². The van der Waals surface area contributed by atoms with Crippen molar-refractivity contribution < 1.29 is 13.2 Å². The van der Waals surface area contributed by atoms with Gasteiger partial charge in [0.05, 0.1) is 16.6 Å². The Labute approximate surface area is 172 Å². The maximum atomic E-state index is 13.6. The third-order valence-electron chi connectivity index (χ3n) is 5.75. The summed E-state index contributed by atoms with van der Waals surface area (Å²) < 4.78 is 29.0. The van der Waals surface area contributed by atoms with Crippen molar-refractivity contribution in [1.82, 2.24) is 13.5 Å². The number of aromatic nitrogens is 3. The number of fused-ring (bicyclic) bond motifs is 2. The van der Waals surface area contributed by atoms with Crippen molar-refractivity contribution in [2.24, 2.45) is 5.92 Å². The first-order valence-corrected chi connectivity index (χ1v) is 11.3. The van der Waals surface area contributed by atoms with Crippen molar-refractivity contribution >= 4 is 37.9 Å². The van der Waals surface area contributed by atoms with E-state index in [1.54, 1.807) is 48.5 Å². The van der Waals surface area contributed by atoms with Crippen molar-refractivity contribution in [3.8, 4) is 0 Å². The smallest absolute Gasteiger partial charge is 0.274 e. The summed E-state index contributed by atoms with van der Waals surface area (Å²) in [5, 5.41) is 0.650. The molecule has 5 rings (SSSR count). The van der Waals surface area contributed by atoms with Crippen LogP contribution in [0.15, 0.2) is 70.5 Å². The number of hydrogen-bond acceptors (Lipinski definition) is 5. The Hall–Kier alpha value is -3.26. The van der Waals surface area contributed by atoms with Crippen LogP contribution in [0.5, 0.6) is 0 Å². The van der Waals surface area contributed by atoms with E-state index in [0.717, 1.165) is 21.4 Å². The topological polar surface area (TPSA) is 91.0 Å². The summed E-state index contributed by atoms with van der Waals surface area (Å²) in [7, 11) is -4.29. The van der Waals surface area contributed by atoms with E-state index in [1.165, 1.54) is 12.3 Å². The lowest BCUT2D eigenvalue weighted by atomic mass is 10.1. The minimum atomic E-state index is -4.29. The van der Waals surface area contributed by atoms with Crippen LogP contribution in [-0.4, -0.2) is 27.8 Å². The van der Waals surface area contributed by atoms with Gasteiger partial charge in [-0.3, -0.25) is 9.78 Å². The molecule has 0 amide bonds. The number of pyridine rings is 1. The van der Waals surface area contributed by atoms with Gasteiger partial charge in [0.1, 0.15) is 4.90 Å². The second-order valence-corrected chi connectivity index (χ2v) is 9.28. The summed E-state index contributed by atoms with van der Waals surface area (Å²) in [6, 6.07) is 14.8. The molecule has 0 radical (unpaired) electrons. The zero-order valence-electron chi connectivity index (χ0n) is 16.1. The number of carbonyl (C=O) groups is 1. The SMILES string of the molecule is O=C(C1CCCC1)n1c(=O)n(S(=O)(=O)c2cccc3cccnc23)c2ccccc21. The second kappa shape index (κ2) is 6.91. The monoisotopic (exact) mass is 421 g/mol. The van der Waals surface area contributed by atoms with Crippen LogP contribution < -0.4 is 5.69 Å². The molecule has 0 saturated heterocycles. The van der Waals surface area contributed by atoms with E-state index >= 15 is 0 Å². The Kier molecular flexibility index (Phi) is 4.32. The zero-order chi connectivity index (χ0) is 20.9. The zero-order valence-corrected chi connectivity index (χ0v) is 16.9. The van der Waals surface area contributed by atoms with Gasteiger partial charge >= 0.3 is 5.69 Å². The van der Waals surface area contributed by atoms with Crippen molar-refractivity contribution in [2.45, 2.75) is 30.6 Å². The third kappa shape index (κ3) is 2.71. The van der Waals surface area contributed by atoms with Crippen LogP contribution in [0.4, 0.5) is 0 Å². The molecule has 1 fully saturated rings. The van der Waals surface area contributed by atoms with Crippen LogP contribution in [0, 0.1) is 5.92 Å². The van der Waals surface area contributed by atoms with Crippen LogP contribution in [0.1, 0.15) is 30.5 Å². The van der Waals surface area contributed by atoms with Crippen molar-refractivity contribution in [3.63, 3.8) is 0 Å². The predicted octanol–water partition coefficient (Wildman–Crippen LogP) is 3.42. The standard InChI is InChI=1S/C22H19N3O4S/c26-21(16-7-1-2-8-16)24-17-11-3-4-12-18(17)25(22(24)27)30(28,29)19-13-5-9-15-10-6-14-23-20(15)19/h3-6,9-14,16H,1-2,7-8H2. The lowest BCUT2D eigenvalue weighted by Crippen LogP contribution is -2.35. The van der Waals surface area contributed by atoms with Gasteiger partial charge in [0.2, 0.25) is 5.91 Å². The Bertz CT molecular complexity index is 1460. The maximum absolute atomic E-state index is 13.6. The number of hydrogen-bond donors (Lipinski definition) is 0. The number of carbonyl (C=O) groups excluding carboxylic acids is 1. The lowest BCUT2D eigenvalue weighted by molar-refractivity contribution is 0.0838. The molecule has 1 saturated carbocycles. The van der Waals surface area contributed by atoms with E-state index in [-0.39, 0.29) is 27.8 Å². The fourth-order valence-electron chi connectivity index (χ4n) is 4.31. The first-order chi connectivity index (χ1) is 14.5. The van der Waals surface area contributed by atoms with Gasteiger partial charge in [-0.05, 0) is 37.1 Å². The normalized spacial score (nSPS) is 15.2. The summed E-state index contributed by atoms with van der Waals surface area (Å²) >= 11 is 0. The van der Waals surface area contributed by atoms with E-state index in [4.69, 9.17) is 0 Å². The van der Waals surface area contributed by atoms with Crippen LogP contribution in [0.3, 0.4) is 0 Å². The van der Waals surface area contributed by atoms with Gasteiger partial charge in [-0.25, -0.2) is 17.8 Å². The van der Waals surface area contributed by atoms with Gasteiger partial charge in [-0.1, -0.05) is 43.2 Å². The van der Waals surface area contributed by atoms with E-state index in [9.17, 15) is 18.0 Å². The molecular formula is C22H19N3O4S. The maximum Gasteiger partial charge on any atom is 0.350 e. The van der Waals surface area contributed by atoms with Gasteiger partial charge in [0, 0.05) is 17.5 Å². The molecular weight excluding hydrogens is 402 g/mol. The van der Waals surface area contributed by atoms with Crippen molar-refractivity contribution in [1.29, 1.82) is 0 Å². The quantitative estimate of drug-likeness (QED) is 0.506.